The van der Waals surface area contributed by atoms with Gasteiger partial charge in [0.05, 0.1) is 7.11 Å². The summed E-state index contributed by atoms with van der Waals surface area (Å²) in [6.45, 7) is 0.488. The van der Waals surface area contributed by atoms with Gasteiger partial charge in [-0.1, -0.05) is 60.7 Å². The zero-order chi connectivity index (χ0) is 18.9. The van der Waals surface area contributed by atoms with E-state index in [9.17, 15) is 4.79 Å². The van der Waals surface area contributed by atoms with Crippen molar-refractivity contribution in [3.63, 3.8) is 0 Å². The topological polar surface area (TPSA) is 47.6 Å². The molecule has 138 valence electrons. The molecular formula is C23H23NO3. The van der Waals surface area contributed by atoms with Crippen molar-refractivity contribution in [2.75, 3.05) is 20.3 Å². The van der Waals surface area contributed by atoms with Crippen molar-refractivity contribution < 1.29 is 14.3 Å². The lowest BCUT2D eigenvalue weighted by Crippen LogP contribution is -2.32. The monoisotopic (exact) mass is 361 g/mol. The van der Waals surface area contributed by atoms with Gasteiger partial charge in [-0.2, -0.15) is 0 Å². The predicted molar refractivity (Wildman–Crippen MR) is 106 cm³/mol. The van der Waals surface area contributed by atoms with Gasteiger partial charge < -0.3 is 14.8 Å². The molecule has 0 fully saturated rings. The zero-order valence-corrected chi connectivity index (χ0v) is 15.3. The van der Waals surface area contributed by atoms with E-state index in [0.29, 0.717) is 12.3 Å². The zero-order valence-electron chi connectivity index (χ0n) is 15.3. The Morgan fingerprint density at radius 2 is 1.33 bits per heavy atom. The number of nitrogens with one attached hydrogen (secondary N) is 1. The first-order chi connectivity index (χ1) is 13.3. The molecule has 0 unspecified atom stereocenters. The van der Waals surface area contributed by atoms with E-state index in [2.05, 4.69) is 29.6 Å². The number of hydrogen-bond donors (Lipinski definition) is 1. The van der Waals surface area contributed by atoms with Gasteiger partial charge in [-0.05, 0) is 35.4 Å². The quantitative estimate of drug-likeness (QED) is 0.659. The predicted octanol–water partition coefficient (Wildman–Crippen LogP) is 4.02. The molecule has 27 heavy (non-hydrogen) atoms. The molecule has 0 bridgehead atoms. The second-order valence-corrected chi connectivity index (χ2v) is 6.14. The van der Waals surface area contributed by atoms with Crippen molar-refractivity contribution in [3.8, 4) is 11.5 Å². The van der Waals surface area contributed by atoms with Gasteiger partial charge in [-0.25, -0.2) is 0 Å². The first-order valence-corrected chi connectivity index (χ1v) is 8.89. The van der Waals surface area contributed by atoms with Crippen molar-refractivity contribution in [2.45, 2.75) is 5.92 Å². The average Bonchev–Trinajstić information content (AvgIpc) is 2.74. The van der Waals surface area contributed by atoms with Crippen LogP contribution in [0.15, 0.2) is 84.9 Å². The van der Waals surface area contributed by atoms with E-state index in [1.54, 1.807) is 31.4 Å². The Bertz CT molecular complexity index is 793. The third kappa shape index (κ3) is 5.35. The molecule has 3 rings (SSSR count). The molecule has 0 saturated carbocycles. The molecule has 4 heteroatoms. The number of hydrogen-bond acceptors (Lipinski definition) is 3. The smallest absolute Gasteiger partial charge is 0.257 e. The van der Waals surface area contributed by atoms with Crippen molar-refractivity contribution >= 4 is 5.91 Å². The first kappa shape index (κ1) is 18.5. The molecule has 4 nitrogen and oxygen atoms in total. The first-order valence-electron chi connectivity index (χ1n) is 8.89. The van der Waals surface area contributed by atoms with E-state index in [4.69, 9.17) is 9.47 Å². The number of carbonyl (C=O) groups is 1. The van der Waals surface area contributed by atoms with Gasteiger partial charge >= 0.3 is 0 Å². The number of methoxy groups -OCH3 is 1. The van der Waals surface area contributed by atoms with E-state index in [1.807, 2.05) is 36.4 Å². The fourth-order valence-corrected chi connectivity index (χ4v) is 2.89. The largest absolute Gasteiger partial charge is 0.497 e. The Hall–Kier alpha value is -3.27. The summed E-state index contributed by atoms with van der Waals surface area (Å²) >= 11 is 0. The van der Waals surface area contributed by atoms with E-state index in [1.165, 1.54) is 11.1 Å². The van der Waals surface area contributed by atoms with Crippen LogP contribution in [0.4, 0.5) is 0 Å². The second kappa shape index (κ2) is 9.43. The molecule has 0 heterocycles. The third-order valence-corrected chi connectivity index (χ3v) is 4.34. The molecule has 0 radical (unpaired) electrons. The summed E-state index contributed by atoms with van der Waals surface area (Å²) in [5.74, 6) is 1.33. The van der Waals surface area contributed by atoms with E-state index in [0.717, 1.165) is 5.75 Å². The average molecular weight is 361 g/mol. The number of rotatable bonds is 8. The van der Waals surface area contributed by atoms with Crippen LogP contribution in [0.3, 0.4) is 0 Å². The standard InChI is InChI=1S/C23H23NO3/c1-26-20-12-14-21(15-13-20)27-17-23(25)24-16-22(18-8-4-2-5-9-18)19-10-6-3-7-11-19/h2-15,22H,16-17H2,1H3,(H,24,25). The fraction of sp³-hybridized carbons (Fsp3) is 0.174. The maximum Gasteiger partial charge on any atom is 0.257 e. The van der Waals surface area contributed by atoms with E-state index < -0.39 is 0 Å². The molecule has 3 aromatic carbocycles. The highest BCUT2D eigenvalue weighted by Crippen LogP contribution is 2.23. The highest BCUT2D eigenvalue weighted by molar-refractivity contribution is 5.77. The molecule has 0 saturated heterocycles. The van der Waals surface area contributed by atoms with Crippen molar-refractivity contribution in [1.29, 1.82) is 0 Å². The Kier molecular flexibility index (Phi) is 6.47. The van der Waals surface area contributed by atoms with Crippen LogP contribution in [0.25, 0.3) is 0 Å². The van der Waals surface area contributed by atoms with Crippen LogP contribution in [0, 0.1) is 0 Å². The van der Waals surface area contributed by atoms with Gasteiger partial charge in [0.1, 0.15) is 11.5 Å². The van der Waals surface area contributed by atoms with Gasteiger partial charge in [0, 0.05) is 12.5 Å². The molecular weight excluding hydrogens is 338 g/mol. The number of amides is 1. The summed E-state index contributed by atoms with van der Waals surface area (Å²) in [5, 5.41) is 2.98. The fourth-order valence-electron chi connectivity index (χ4n) is 2.89. The van der Waals surface area contributed by atoms with Gasteiger partial charge in [0.2, 0.25) is 0 Å². The van der Waals surface area contributed by atoms with Crippen LogP contribution in [0.5, 0.6) is 11.5 Å². The van der Waals surface area contributed by atoms with Crippen molar-refractivity contribution in [1.82, 2.24) is 5.32 Å². The molecule has 0 atom stereocenters. The van der Waals surface area contributed by atoms with Crippen molar-refractivity contribution in [2.24, 2.45) is 0 Å². The molecule has 0 aliphatic heterocycles. The molecule has 0 aliphatic carbocycles. The number of ether oxygens (including phenoxy) is 2. The van der Waals surface area contributed by atoms with Gasteiger partial charge in [-0.3, -0.25) is 4.79 Å². The van der Waals surface area contributed by atoms with Gasteiger partial charge in [0.25, 0.3) is 5.91 Å². The third-order valence-electron chi connectivity index (χ3n) is 4.34. The minimum Gasteiger partial charge on any atom is -0.497 e. The Labute approximate surface area is 159 Å². The van der Waals surface area contributed by atoms with Crippen LogP contribution in [0.1, 0.15) is 17.0 Å². The lowest BCUT2D eigenvalue weighted by atomic mass is 9.91. The van der Waals surface area contributed by atoms with Gasteiger partial charge in [-0.15, -0.1) is 0 Å². The highest BCUT2D eigenvalue weighted by Gasteiger charge is 2.15. The van der Waals surface area contributed by atoms with Crippen LogP contribution in [0.2, 0.25) is 0 Å². The number of benzene rings is 3. The molecule has 3 aromatic rings. The second-order valence-electron chi connectivity index (χ2n) is 6.14. The minimum atomic E-state index is -0.150. The maximum atomic E-state index is 12.2. The summed E-state index contributed by atoms with van der Waals surface area (Å²) in [7, 11) is 1.61. The van der Waals surface area contributed by atoms with E-state index in [-0.39, 0.29) is 18.4 Å². The molecule has 1 N–H and O–H groups in total. The molecule has 0 spiro atoms. The minimum absolute atomic E-state index is 0.0252. The van der Waals surface area contributed by atoms with E-state index >= 15 is 0 Å². The normalized spacial score (nSPS) is 10.4. The summed E-state index contributed by atoms with van der Waals surface area (Å²) in [4.78, 5) is 12.2. The summed E-state index contributed by atoms with van der Waals surface area (Å²) < 4.78 is 10.7. The molecule has 0 aromatic heterocycles. The van der Waals surface area contributed by atoms with Gasteiger partial charge in [0.15, 0.2) is 6.61 Å². The van der Waals surface area contributed by atoms with Crippen LogP contribution >= 0.6 is 0 Å². The highest BCUT2D eigenvalue weighted by atomic mass is 16.5. The molecule has 0 aliphatic rings. The Morgan fingerprint density at radius 1 is 0.815 bits per heavy atom. The lowest BCUT2D eigenvalue weighted by molar-refractivity contribution is -0.123. The lowest BCUT2D eigenvalue weighted by Gasteiger charge is -2.19. The van der Waals surface area contributed by atoms with Crippen LogP contribution < -0.4 is 14.8 Å². The van der Waals surface area contributed by atoms with Crippen molar-refractivity contribution in [3.05, 3.63) is 96.1 Å². The summed E-state index contributed by atoms with van der Waals surface area (Å²) in [6, 6.07) is 27.5. The Balaban J connectivity index is 1.58. The van der Waals surface area contributed by atoms with Crippen LogP contribution in [-0.2, 0) is 4.79 Å². The number of carbonyl (C=O) groups excluding carboxylic acids is 1. The summed E-state index contributed by atoms with van der Waals surface area (Å²) in [5.41, 5.74) is 2.33. The maximum absolute atomic E-state index is 12.2. The summed E-state index contributed by atoms with van der Waals surface area (Å²) in [6.07, 6.45) is 0. The Morgan fingerprint density at radius 3 is 1.85 bits per heavy atom. The molecule has 1 amide bonds. The SMILES string of the molecule is COc1ccc(OCC(=O)NCC(c2ccccc2)c2ccccc2)cc1. The van der Waals surface area contributed by atoms with Crippen LogP contribution in [-0.4, -0.2) is 26.2 Å².